The zero-order valence-corrected chi connectivity index (χ0v) is 15.1. The second kappa shape index (κ2) is 7.62. The monoisotopic (exact) mass is 499 g/mol. The van der Waals surface area contributed by atoms with Gasteiger partial charge in [0.05, 0.1) is 22.5 Å². The first kappa shape index (κ1) is 27.7. The van der Waals surface area contributed by atoms with E-state index in [1.54, 1.807) is 0 Å². The third-order valence-electron chi connectivity index (χ3n) is 4.25. The molecule has 1 rings (SSSR count). The van der Waals surface area contributed by atoms with Crippen LogP contribution in [0.4, 0.5) is 62.8 Å². The van der Waals surface area contributed by atoms with Crippen molar-refractivity contribution in [3.05, 3.63) is 39.9 Å². The number of aliphatic hydroxyl groups is 1. The van der Waals surface area contributed by atoms with Gasteiger partial charge in [-0.3, -0.25) is 10.1 Å². The van der Waals surface area contributed by atoms with Gasteiger partial charge >= 0.3 is 35.8 Å². The molecule has 0 radical (unpaired) electrons. The summed E-state index contributed by atoms with van der Waals surface area (Å²) in [6.45, 7) is 0.139. The predicted molar refractivity (Wildman–Crippen MR) is 78.1 cm³/mol. The van der Waals surface area contributed by atoms with Gasteiger partial charge in [0.2, 0.25) is 0 Å². The van der Waals surface area contributed by atoms with Crippen molar-refractivity contribution >= 4 is 5.69 Å². The van der Waals surface area contributed by atoms with E-state index in [-0.39, 0.29) is 6.92 Å². The van der Waals surface area contributed by atoms with E-state index in [1.807, 2.05) is 0 Å². The summed E-state index contributed by atoms with van der Waals surface area (Å²) in [6.07, 6.45) is -10.6. The third kappa shape index (κ3) is 4.05. The number of hydrogen-bond acceptors (Lipinski definition) is 3. The van der Waals surface area contributed by atoms with Crippen molar-refractivity contribution in [2.45, 2.75) is 54.7 Å². The first-order valence-corrected chi connectivity index (χ1v) is 7.80. The molecule has 0 spiro atoms. The lowest BCUT2D eigenvalue weighted by atomic mass is 9.83. The molecule has 1 unspecified atom stereocenters. The lowest BCUT2D eigenvalue weighted by Crippen LogP contribution is -2.70. The lowest BCUT2D eigenvalue weighted by molar-refractivity contribution is -0.441. The minimum absolute atomic E-state index is 0.139. The van der Waals surface area contributed by atoms with Gasteiger partial charge in [-0.2, -0.15) is 57.1 Å². The van der Waals surface area contributed by atoms with Crippen LogP contribution >= 0.6 is 0 Å². The Bertz CT molecular complexity index is 864. The van der Waals surface area contributed by atoms with Gasteiger partial charge in [0.1, 0.15) is 0 Å². The van der Waals surface area contributed by atoms with E-state index in [2.05, 4.69) is 0 Å². The van der Waals surface area contributed by atoms with Crippen molar-refractivity contribution in [3.63, 3.8) is 0 Å². The smallest absolute Gasteiger partial charge is 0.385 e. The Hall–Kier alpha value is -2.33. The zero-order valence-electron chi connectivity index (χ0n) is 15.1. The largest absolute Gasteiger partial charge is 0.460 e. The Morgan fingerprint density at radius 1 is 0.781 bits per heavy atom. The average Bonchev–Trinajstić information content (AvgIpc) is 2.59. The van der Waals surface area contributed by atoms with Crippen LogP contribution in [0.2, 0.25) is 0 Å². The Morgan fingerprint density at radius 3 is 1.59 bits per heavy atom. The number of para-hydroxylation sites is 1. The molecule has 1 aromatic carbocycles. The van der Waals surface area contributed by atoms with E-state index < -0.39 is 64.0 Å². The van der Waals surface area contributed by atoms with Crippen LogP contribution in [-0.2, 0) is 5.60 Å². The van der Waals surface area contributed by atoms with Crippen LogP contribution in [0.5, 0.6) is 0 Å². The molecule has 1 aromatic rings. The van der Waals surface area contributed by atoms with Crippen LogP contribution in [-0.4, -0.2) is 45.8 Å². The van der Waals surface area contributed by atoms with Gasteiger partial charge in [-0.05, 0) is 13.0 Å². The van der Waals surface area contributed by atoms with Gasteiger partial charge in [0, 0.05) is 6.07 Å². The highest BCUT2D eigenvalue weighted by Crippen LogP contribution is 2.61. The van der Waals surface area contributed by atoms with Crippen molar-refractivity contribution in [1.29, 1.82) is 0 Å². The predicted octanol–water partition coefficient (Wildman–Crippen LogP) is 5.93. The van der Waals surface area contributed by atoms with Crippen LogP contribution in [0.15, 0.2) is 24.3 Å². The molecule has 4 nitrogen and oxygen atoms in total. The van der Waals surface area contributed by atoms with Gasteiger partial charge in [0.15, 0.2) is 0 Å². The number of nitro groups is 1. The van der Waals surface area contributed by atoms with Crippen molar-refractivity contribution in [3.8, 4) is 0 Å². The summed E-state index contributed by atoms with van der Waals surface area (Å²) in [6, 6.07) is 2.78. The van der Waals surface area contributed by atoms with Crippen molar-refractivity contribution in [2.75, 3.05) is 0 Å². The molecule has 32 heavy (non-hydrogen) atoms. The number of benzene rings is 1. The molecule has 17 heteroatoms. The molecule has 0 fully saturated rings. The van der Waals surface area contributed by atoms with E-state index in [1.165, 1.54) is 0 Å². The van der Waals surface area contributed by atoms with Gasteiger partial charge in [-0.25, -0.2) is 0 Å². The maximum Gasteiger partial charge on any atom is 0.460 e. The van der Waals surface area contributed by atoms with Crippen molar-refractivity contribution in [1.82, 2.24) is 0 Å². The molecule has 1 atom stereocenters. The summed E-state index contributed by atoms with van der Waals surface area (Å²) in [7, 11) is 0. The summed E-state index contributed by atoms with van der Waals surface area (Å²) in [5.41, 5.74) is -5.96. The fourth-order valence-electron chi connectivity index (χ4n) is 2.53. The van der Waals surface area contributed by atoms with Crippen LogP contribution in [0.1, 0.15) is 18.9 Å². The summed E-state index contributed by atoms with van der Waals surface area (Å²) >= 11 is 0. The van der Waals surface area contributed by atoms with Crippen molar-refractivity contribution in [2.24, 2.45) is 0 Å². The van der Waals surface area contributed by atoms with E-state index in [0.717, 1.165) is 12.1 Å². The highest BCUT2D eigenvalue weighted by atomic mass is 19.4. The standard InChI is InChI=1S/C15H10F13NO3/c1-9(30,7-4-2-3-5-8(7)29(31)32)6-10(16,17)11(18,19)12(20,21)13(22,23)14(24,25)15(26,27)28/h2-5,30H,6H2,1H3. The minimum Gasteiger partial charge on any atom is -0.385 e. The van der Waals surface area contributed by atoms with E-state index in [4.69, 9.17) is 0 Å². The first-order valence-electron chi connectivity index (χ1n) is 7.80. The van der Waals surface area contributed by atoms with Crippen LogP contribution in [0.25, 0.3) is 0 Å². The number of nitro benzene ring substituents is 1. The molecule has 0 bridgehead atoms. The maximum atomic E-state index is 14.0. The summed E-state index contributed by atoms with van der Waals surface area (Å²) < 4.78 is 171. The normalized spacial score (nSPS) is 16.6. The number of hydrogen-bond donors (Lipinski definition) is 1. The maximum absolute atomic E-state index is 14.0. The summed E-state index contributed by atoms with van der Waals surface area (Å²) in [5.74, 6) is -38.2. The zero-order chi connectivity index (χ0) is 25.8. The average molecular weight is 499 g/mol. The number of halogens is 13. The Morgan fingerprint density at radius 2 is 1.19 bits per heavy atom. The molecular weight excluding hydrogens is 489 g/mol. The van der Waals surface area contributed by atoms with Crippen LogP contribution in [0, 0.1) is 10.1 Å². The highest BCUT2D eigenvalue weighted by molar-refractivity contribution is 5.43. The Labute approximate surface area is 168 Å². The molecule has 0 aliphatic carbocycles. The van der Waals surface area contributed by atoms with E-state index >= 15 is 0 Å². The molecule has 0 amide bonds. The fraction of sp³-hybridized carbons (Fsp3) is 0.600. The molecule has 0 heterocycles. The molecular formula is C15H10F13NO3. The van der Waals surface area contributed by atoms with E-state index in [9.17, 15) is 72.3 Å². The Kier molecular flexibility index (Phi) is 6.60. The molecule has 0 aromatic heterocycles. The van der Waals surface area contributed by atoms with Gasteiger partial charge in [-0.15, -0.1) is 0 Å². The SMILES string of the molecule is CC(O)(CC(F)(F)C(F)(F)C(F)(F)C(F)(F)C(F)(F)C(F)(F)F)c1ccccc1[N+](=O)[O-]. The number of nitrogens with zero attached hydrogens (tertiary/aromatic N) is 1. The number of rotatable bonds is 8. The summed E-state index contributed by atoms with van der Waals surface area (Å²) in [4.78, 5) is 9.55. The topological polar surface area (TPSA) is 63.4 Å². The second-order valence-electron chi connectivity index (χ2n) is 6.72. The molecule has 184 valence electrons. The first-order chi connectivity index (χ1) is 13.9. The van der Waals surface area contributed by atoms with Gasteiger partial charge in [-0.1, -0.05) is 12.1 Å². The van der Waals surface area contributed by atoms with Crippen LogP contribution < -0.4 is 0 Å². The van der Waals surface area contributed by atoms with E-state index in [0.29, 0.717) is 12.1 Å². The lowest BCUT2D eigenvalue weighted by Gasteiger charge is -2.41. The van der Waals surface area contributed by atoms with Gasteiger partial charge in [0.25, 0.3) is 5.69 Å². The fourth-order valence-corrected chi connectivity index (χ4v) is 2.53. The van der Waals surface area contributed by atoms with Crippen molar-refractivity contribution < 1.29 is 67.1 Å². The third-order valence-corrected chi connectivity index (χ3v) is 4.25. The molecule has 0 saturated heterocycles. The molecule has 0 saturated carbocycles. The second-order valence-corrected chi connectivity index (χ2v) is 6.72. The highest BCUT2D eigenvalue weighted by Gasteiger charge is 2.90. The molecule has 0 aliphatic heterocycles. The Balaban J connectivity index is 3.54. The quantitative estimate of drug-likeness (QED) is 0.274. The molecule has 0 aliphatic rings. The van der Waals surface area contributed by atoms with Gasteiger partial charge < -0.3 is 5.11 Å². The number of alkyl halides is 13. The minimum atomic E-state index is -8.07. The summed E-state index contributed by atoms with van der Waals surface area (Å²) in [5, 5.41) is 20.9. The van der Waals surface area contributed by atoms with Crippen LogP contribution in [0.3, 0.4) is 0 Å². The molecule has 1 N–H and O–H groups in total.